The van der Waals surface area contributed by atoms with Crippen LogP contribution < -0.4 is 10.6 Å². The van der Waals surface area contributed by atoms with Crippen LogP contribution in [0.25, 0.3) is 10.4 Å². The summed E-state index contributed by atoms with van der Waals surface area (Å²) < 4.78 is 10.1. The topological polar surface area (TPSA) is 163 Å². The standard InChI is InChI=1S/C19H27N5O6/c1-19(2,3)30-18(28)22-15(16(25)26)10-6-7-11-21-17(27)29-12-13-8-4-5-9-14(13)23-24-20/h4-5,8-9,15H,6-7,10-12H2,1-3H3,(H,21,27)(H,22,28)(H,25,26). The van der Waals surface area contributed by atoms with E-state index in [0.29, 0.717) is 24.1 Å². The number of alkyl carbamates (subject to hydrolysis) is 2. The number of carboxylic acids is 1. The van der Waals surface area contributed by atoms with Gasteiger partial charge in [-0.2, -0.15) is 0 Å². The van der Waals surface area contributed by atoms with E-state index in [0.717, 1.165) is 0 Å². The van der Waals surface area contributed by atoms with Gasteiger partial charge in [0.15, 0.2) is 0 Å². The van der Waals surface area contributed by atoms with E-state index in [2.05, 4.69) is 20.7 Å². The normalized spacial score (nSPS) is 11.6. The first-order valence-electron chi connectivity index (χ1n) is 9.38. The van der Waals surface area contributed by atoms with Crippen LogP contribution in [0, 0.1) is 0 Å². The van der Waals surface area contributed by atoms with Crippen molar-refractivity contribution < 1.29 is 29.0 Å². The lowest BCUT2D eigenvalue weighted by atomic mass is 10.1. The van der Waals surface area contributed by atoms with Crippen LogP contribution in [-0.4, -0.2) is 41.4 Å². The molecule has 0 heterocycles. The Balaban J connectivity index is 2.31. The molecule has 0 saturated carbocycles. The third-order valence-electron chi connectivity index (χ3n) is 3.68. The number of carbonyl (C=O) groups is 3. The number of nitrogens with zero attached hydrogens (tertiary/aromatic N) is 3. The molecule has 1 aromatic rings. The van der Waals surface area contributed by atoms with Crippen molar-refractivity contribution >= 4 is 23.8 Å². The first-order valence-corrected chi connectivity index (χ1v) is 9.38. The second-order valence-electron chi connectivity index (χ2n) is 7.35. The Morgan fingerprint density at radius 3 is 2.53 bits per heavy atom. The van der Waals surface area contributed by atoms with E-state index in [9.17, 15) is 19.5 Å². The van der Waals surface area contributed by atoms with E-state index in [-0.39, 0.29) is 19.6 Å². The molecule has 0 aliphatic heterocycles. The molecule has 1 aromatic carbocycles. The molecule has 30 heavy (non-hydrogen) atoms. The zero-order chi connectivity index (χ0) is 22.6. The predicted molar refractivity (Wildman–Crippen MR) is 108 cm³/mol. The molecule has 0 aliphatic carbocycles. The highest BCUT2D eigenvalue weighted by molar-refractivity contribution is 5.79. The Hall–Kier alpha value is -3.46. The molecule has 11 nitrogen and oxygen atoms in total. The summed E-state index contributed by atoms with van der Waals surface area (Å²) in [4.78, 5) is 37.5. The van der Waals surface area contributed by atoms with Gasteiger partial charge in [0.1, 0.15) is 18.2 Å². The smallest absolute Gasteiger partial charge is 0.408 e. The molecule has 3 N–H and O–H groups in total. The Morgan fingerprint density at radius 1 is 1.20 bits per heavy atom. The van der Waals surface area contributed by atoms with Crippen molar-refractivity contribution in [3.63, 3.8) is 0 Å². The van der Waals surface area contributed by atoms with Crippen LogP contribution in [0.3, 0.4) is 0 Å². The summed E-state index contributed by atoms with van der Waals surface area (Å²) >= 11 is 0. The molecule has 164 valence electrons. The van der Waals surface area contributed by atoms with Gasteiger partial charge in [0.05, 0.1) is 0 Å². The molecular formula is C19H27N5O6. The van der Waals surface area contributed by atoms with Gasteiger partial charge in [-0.05, 0) is 51.1 Å². The molecular weight excluding hydrogens is 394 g/mol. The van der Waals surface area contributed by atoms with E-state index in [1.54, 1.807) is 45.0 Å². The Bertz CT molecular complexity index is 786. The third kappa shape index (κ3) is 10.2. The SMILES string of the molecule is CC(C)(C)OC(=O)NC(CCCCNC(=O)OCc1ccccc1N=[N+]=[N-])C(=O)O. The van der Waals surface area contributed by atoms with Crippen LogP contribution in [0.2, 0.25) is 0 Å². The van der Waals surface area contributed by atoms with Gasteiger partial charge in [0.25, 0.3) is 0 Å². The molecule has 2 amide bonds. The lowest BCUT2D eigenvalue weighted by Gasteiger charge is -2.22. The van der Waals surface area contributed by atoms with Crippen molar-refractivity contribution in [2.24, 2.45) is 5.11 Å². The summed E-state index contributed by atoms with van der Waals surface area (Å²) in [5.41, 5.74) is 8.76. The number of amides is 2. The molecule has 11 heteroatoms. The molecule has 0 radical (unpaired) electrons. The molecule has 0 bridgehead atoms. The number of carboxylic acid groups (broad SMARTS) is 1. The molecule has 1 atom stereocenters. The number of ether oxygens (including phenoxy) is 2. The van der Waals surface area contributed by atoms with Gasteiger partial charge in [-0.1, -0.05) is 29.4 Å². The van der Waals surface area contributed by atoms with Crippen molar-refractivity contribution in [2.45, 2.75) is 58.3 Å². The number of benzene rings is 1. The first-order chi connectivity index (χ1) is 14.1. The van der Waals surface area contributed by atoms with Gasteiger partial charge in [-0.15, -0.1) is 0 Å². The van der Waals surface area contributed by atoms with Crippen molar-refractivity contribution in [1.29, 1.82) is 0 Å². The van der Waals surface area contributed by atoms with Crippen molar-refractivity contribution in [3.05, 3.63) is 40.3 Å². The fourth-order valence-electron chi connectivity index (χ4n) is 2.34. The lowest BCUT2D eigenvalue weighted by Crippen LogP contribution is -2.43. The van der Waals surface area contributed by atoms with Crippen molar-refractivity contribution in [2.75, 3.05) is 6.54 Å². The minimum absolute atomic E-state index is 0.0536. The maximum atomic E-state index is 11.8. The second-order valence-corrected chi connectivity index (χ2v) is 7.35. The molecule has 1 unspecified atom stereocenters. The summed E-state index contributed by atoms with van der Waals surface area (Å²) in [5.74, 6) is -1.16. The van der Waals surface area contributed by atoms with Gasteiger partial charge in [-0.3, -0.25) is 0 Å². The summed E-state index contributed by atoms with van der Waals surface area (Å²) in [7, 11) is 0. The predicted octanol–water partition coefficient (Wildman–Crippen LogP) is 4.00. The number of azide groups is 1. The highest BCUT2D eigenvalue weighted by Gasteiger charge is 2.23. The van der Waals surface area contributed by atoms with Crippen LogP contribution in [0.15, 0.2) is 29.4 Å². The minimum atomic E-state index is -1.16. The number of carbonyl (C=O) groups excluding carboxylic acids is 2. The molecule has 0 saturated heterocycles. The summed E-state index contributed by atoms with van der Waals surface area (Å²) in [6.07, 6.45) is -0.313. The van der Waals surface area contributed by atoms with Gasteiger partial charge >= 0.3 is 18.2 Å². The average Bonchev–Trinajstić information content (AvgIpc) is 2.64. The van der Waals surface area contributed by atoms with E-state index in [1.807, 2.05) is 0 Å². The molecule has 0 spiro atoms. The quantitative estimate of drug-likeness (QED) is 0.224. The Kier molecular flexibility index (Phi) is 9.98. The number of hydrogen-bond acceptors (Lipinski definition) is 6. The zero-order valence-corrected chi connectivity index (χ0v) is 17.3. The number of rotatable bonds is 10. The molecule has 1 rings (SSSR count). The Labute approximate surface area is 174 Å². The monoisotopic (exact) mass is 421 g/mol. The molecule has 0 fully saturated rings. The zero-order valence-electron chi connectivity index (χ0n) is 17.3. The fraction of sp³-hybridized carbons (Fsp3) is 0.526. The maximum Gasteiger partial charge on any atom is 0.408 e. The van der Waals surface area contributed by atoms with Gasteiger partial charge in [0.2, 0.25) is 0 Å². The largest absolute Gasteiger partial charge is 0.480 e. The number of aliphatic carboxylic acids is 1. The third-order valence-corrected chi connectivity index (χ3v) is 3.68. The Morgan fingerprint density at radius 2 is 1.90 bits per heavy atom. The molecule has 0 aromatic heterocycles. The van der Waals surface area contributed by atoms with Crippen LogP contribution in [0.5, 0.6) is 0 Å². The lowest BCUT2D eigenvalue weighted by molar-refractivity contribution is -0.139. The van der Waals surface area contributed by atoms with E-state index < -0.39 is 29.8 Å². The van der Waals surface area contributed by atoms with Gasteiger partial charge < -0.3 is 25.2 Å². The average molecular weight is 421 g/mol. The van der Waals surface area contributed by atoms with Crippen LogP contribution in [0.1, 0.15) is 45.6 Å². The highest BCUT2D eigenvalue weighted by atomic mass is 16.6. The summed E-state index contributed by atoms with van der Waals surface area (Å²) in [6, 6.07) is 5.65. The summed E-state index contributed by atoms with van der Waals surface area (Å²) in [6.45, 7) is 5.27. The van der Waals surface area contributed by atoms with Crippen LogP contribution >= 0.6 is 0 Å². The van der Waals surface area contributed by atoms with E-state index in [1.165, 1.54) is 0 Å². The maximum absolute atomic E-state index is 11.8. The number of hydrogen-bond donors (Lipinski definition) is 3. The van der Waals surface area contributed by atoms with Gasteiger partial charge in [0, 0.05) is 17.1 Å². The fourth-order valence-corrected chi connectivity index (χ4v) is 2.34. The van der Waals surface area contributed by atoms with E-state index >= 15 is 0 Å². The van der Waals surface area contributed by atoms with Crippen LogP contribution in [-0.2, 0) is 20.9 Å². The van der Waals surface area contributed by atoms with Crippen molar-refractivity contribution in [3.8, 4) is 0 Å². The first kappa shape index (κ1) is 24.6. The molecule has 0 aliphatic rings. The minimum Gasteiger partial charge on any atom is -0.480 e. The number of unbranched alkanes of at least 4 members (excludes halogenated alkanes) is 1. The number of nitrogens with one attached hydrogen (secondary N) is 2. The van der Waals surface area contributed by atoms with Crippen LogP contribution in [0.4, 0.5) is 15.3 Å². The van der Waals surface area contributed by atoms with E-state index in [4.69, 9.17) is 15.0 Å². The summed E-state index contributed by atoms with van der Waals surface area (Å²) in [5, 5.41) is 17.6. The second kappa shape index (κ2) is 12.2. The van der Waals surface area contributed by atoms with Crippen molar-refractivity contribution in [1.82, 2.24) is 10.6 Å². The van der Waals surface area contributed by atoms with Gasteiger partial charge in [-0.25, -0.2) is 14.4 Å². The highest BCUT2D eigenvalue weighted by Crippen LogP contribution is 2.19.